The van der Waals surface area contributed by atoms with Crippen LogP contribution in [0.3, 0.4) is 0 Å². The SMILES string of the molecule is Cn1c(-c2cn[nH]c2N)nc2cccnc21. The van der Waals surface area contributed by atoms with Crippen LogP contribution in [0.5, 0.6) is 0 Å². The molecule has 80 valence electrons. The molecule has 0 aliphatic rings. The van der Waals surface area contributed by atoms with E-state index in [0.29, 0.717) is 5.82 Å². The zero-order valence-electron chi connectivity index (χ0n) is 8.68. The Morgan fingerprint density at radius 2 is 2.31 bits per heavy atom. The standard InChI is InChI=1S/C10H10N6/c1-16-9(6-5-13-15-8(6)11)14-7-3-2-4-12-10(7)16/h2-5H,1H3,(H3,11,13,15). The highest BCUT2D eigenvalue weighted by molar-refractivity contribution is 5.79. The minimum absolute atomic E-state index is 0.512. The van der Waals surface area contributed by atoms with Gasteiger partial charge in [-0.25, -0.2) is 9.97 Å². The van der Waals surface area contributed by atoms with Crippen molar-refractivity contribution in [2.24, 2.45) is 7.05 Å². The maximum Gasteiger partial charge on any atom is 0.160 e. The average molecular weight is 214 g/mol. The van der Waals surface area contributed by atoms with E-state index < -0.39 is 0 Å². The van der Waals surface area contributed by atoms with E-state index in [-0.39, 0.29) is 0 Å². The lowest BCUT2D eigenvalue weighted by atomic mass is 10.3. The van der Waals surface area contributed by atoms with Gasteiger partial charge in [-0.05, 0) is 12.1 Å². The van der Waals surface area contributed by atoms with Crippen molar-refractivity contribution in [1.82, 2.24) is 24.7 Å². The van der Waals surface area contributed by atoms with Gasteiger partial charge in [-0.2, -0.15) is 5.10 Å². The molecule has 0 fully saturated rings. The molecule has 3 aromatic heterocycles. The Labute approximate surface area is 91.1 Å². The second kappa shape index (κ2) is 3.06. The van der Waals surface area contributed by atoms with Crippen LogP contribution in [0.15, 0.2) is 24.5 Å². The third-order valence-electron chi connectivity index (χ3n) is 2.54. The van der Waals surface area contributed by atoms with Crippen LogP contribution in [-0.4, -0.2) is 24.7 Å². The molecule has 0 aromatic carbocycles. The number of nitrogens with two attached hydrogens (primary N) is 1. The first-order valence-electron chi connectivity index (χ1n) is 4.84. The van der Waals surface area contributed by atoms with Crippen LogP contribution < -0.4 is 5.73 Å². The fourth-order valence-electron chi connectivity index (χ4n) is 1.74. The molecule has 3 aromatic rings. The van der Waals surface area contributed by atoms with Crippen LogP contribution in [0.25, 0.3) is 22.6 Å². The van der Waals surface area contributed by atoms with Gasteiger partial charge in [0, 0.05) is 13.2 Å². The van der Waals surface area contributed by atoms with Crippen molar-refractivity contribution in [2.75, 3.05) is 5.73 Å². The molecule has 0 spiro atoms. The summed E-state index contributed by atoms with van der Waals surface area (Å²) in [6.07, 6.45) is 3.41. The maximum absolute atomic E-state index is 5.77. The molecular weight excluding hydrogens is 204 g/mol. The molecule has 0 saturated carbocycles. The lowest BCUT2D eigenvalue weighted by Crippen LogP contribution is -1.95. The summed E-state index contributed by atoms with van der Waals surface area (Å²) >= 11 is 0. The van der Waals surface area contributed by atoms with Crippen molar-refractivity contribution >= 4 is 17.0 Å². The molecular formula is C10H10N6. The first-order chi connectivity index (χ1) is 7.77. The Morgan fingerprint density at radius 3 is 3.00 bits per heavy atom. The number of hydrogen-bond donors (Lipinski definition) is 2. The van der Waals surface area contributed by atoms with Gasteiger partial charge in [0.25, 0.3) is 0 Å². The first-order valence-corrected chi connectivity index (χ1v) is 4.84. The minimum atomic E-state index is 0.512. The topological polar surface area (TPSA) is 85.4 Å². The highest BCUT2D eigenvalue weighted by Crippen LogP contribution is 2.25. The number of pyridine rings is 1. The number of nitrogens with one attached hydrogen (secondary N) is 1. The Bertz CT molecular complexity index is 650. The Morgan fingerprint density at radius 1 is 1.44 bits per heavy atom. The lowest BCUT2D eigenvalue weighted by molar-refractivity contribution is 0.943. The van der Waals surface area contributed by atoms with Gasteiger partial charge in [0.05, 0.1) is 11.8 Å². The molecule has 3 N–H and O–H groups in total. The second-order valence-corrected chi connectivity index (χ2v) is 3.54. The summed E-state index contributed by atoms with van der Waals surface area (Å²) in [4.78, 5) is 8.75. The van der Waals surface area contributed by atoms with Gasteiger partial charge in [0.2, 0.25) is 0 Å². The lowest BCUT2D eigenvalue weighted by Gasteiger charge is -1.99. The van der Waals surface area contributed by atoms with E-state index >= 15 is 0 Å². The van der Waals surface area contributed by atoms with Crippen LogP contribution in [0.1, 0.15) is 0 Å². The molecule has 0 unspecified atom stereocenters. The smallest absolute Gasteiger partial charge is 0.160 e. The number of H-pyrrole nitrogens is 1. The normalized spacial score (nSPS) is 11.1. The van der Waals surface area contributed by atoms with E-state index in [9.17, 15) is 0 Å². The summed E-state index contributed by atoms with van der Waals surface area (Å²) in [7, 11) is 1.91. The molecule has 3 rings (SSSR count). The van der Waals surface area contributed by atoms with Crippen molar-refractivity contribution in [1.29, 1.82) is 0 Å². The predicted molar refractivity (Wildman–Crippen MR) is 60.5 cm³/mol. The van der Waals surface area contributed by atoms with Gasteiger partial charge < -0.3 is 10.3 Å². The first kappa shape index (κ1) is 8.90. The van der Waals surface area contributed by atoms with E-state index in [4.69, 9.17) is 5.73 Å². The Kier molecular flexibility index (Phi) is 1.70. The molecule has 0 aliphatic heterocycles. The Balaban J connectivity index is 2.33. The molecule has 6 heteroatoms. The predicted octanol–water partition coefficient (Wildman–Crippen LogP) is 0.941. The summed E-state index contributed by atoms with van der Waals surface area (Å²) in [6, 6.07) is 3.78. The van der Waals surface area contributed by atoms with Gasteiger partial charge in [-0.3, -0.25) is 5.10 Å². The third-order valence-corrected chi connectivity index (χ3v) is 2.54. The summed E-state index contributed by atoms with van der Waals surface area (Å²) in [5, 5.41) is 6.58. The second-order valence-electron chi connectivity index (χ2n) is 3.54. The fourth-order valence-corrected chi connectivity index (χ4v) is 1.74. The minimum Gasteiger partial charge on any atom is -0.383 e. The molecule has 3 heterocycles. The number of nitrogens with zero attached hydrogens (tertiary/aromatic N) is 4. The van der Waals surface area contributed by atoms with Gasteiger partial charge in [0.1, 0.15) is 17.2 Å². The number of imidazole rings is 1. The van der Waals surface area contributed by atoms with E-state index in [1.54, 1.807) is 12.4 Å². The highest BCUT2D eigenvalue weighted by atomic mass is 15.2. The molecule has 0 atom stereocenters. The average Bonchev–Trinajstić information content (AvgIpc) is 2.84. The highest BCUT2D eigenvalue weighted by Gasteiger charge is 2.13. The van der Waals surface area contributed by atoms with Crippen molar-refractivity contribution < 1.29 is 0 Å². The molecule has 0 radical (unpaired) electrons. The van der Waals surface area contributed by atoms with Crippen molar-refractivity contribution in [3.63, 3.8) is 0 Å². The molecule has 6 nitrogen and oxygen atoms in total. The van der Waals surface area contributed by atoms with Crippen LogP contribution in [0.4, 0.5) is 5.82 Å². The van der Waals surface area contributed by atoms with E-state index in [2.05, 4.69) is 20.2 Å². The van der Waals surface area contributed by atoms with Crippen LogP contribution in [0.2, 0.25) is 0 Å². The third kappa shape index (κ3) is 1.10. The van der Waals surface area contributed by atoms with Crippen molar-refractivity contribution in [3.05, 3.63) is 24.5 Å². The molecule has 16 heavy (non-hydrogen) atoms. The van der Waals surface area contributed by atoms with E-state index in [0.717, 1.165) is 22.6 Å². The van der Waals surface area contributed by atoms with Gasteiger partial charge >= 0.3 is 0 Å². The fraction of sp³-hybridized carbons (Fsp3) is 0.100. The number of aromatic nitrogens is 5. The summed E-state index contributed by atoms with van der Waals surface area (Å²) in [5.41, 5.74) is 8.24. The zero-order valence-corrected chi connectivity index (χ0v) is 8.68. The molecule has 0 saturated heterocycles. The van der Waals surface area contributed by atoms with Crippen LogP contribution >= 0.6 is 0 Å². The van der Waals surface area contributed by atoms with Crippen LogP contribution in [0, 0.1) is 0 Å². The van der Waals surface area contributed by atoms with Crippen LogP contribution in [-0.2, 0) is 7.05 Å². The summed E-state index contributed by atoms with van der Waals surface area (Å²) in [6.45, 7) is 0. The number of aromatic amines is 1. The van der Waals surface area contributed by atoms with Gasteiger partial charge in [-0.15, -0.1) is 0 Å². The number of fused-ring (bicyclic) bond motifs is 1. The number of hydrogen-bond acceptors (Lipinski definition) is 4. The molecule has 0 aliphatic carbocycles. The zero-order chi connectivity index (χ0) is 11.1. The quantitative estimate of drug-likeness (QED) is 0.631. The monoisotopic (exact) mass is 214 g/mol. The maximum atomic E-state index is 5.77. The van der Waals surface area contributed by atoms with Gasteiger partial charge in [0.15, 0.2) is 5.65 Å². The Hall–Kier alpha value is -2.37. The number of nitrogen functional groups attached to an aromatic ring is 1. The molecule has 0 bridgehead atoms. The van der Waals surface area contributed by atoms with Crippen molar-refractivity contribution in [2.45, 2.75) is 0 Å². The van der Waals surface area contributed by atoms with E-state index in [1.165, 1.54) is 0 Å². The largest absolute Gasteiger partial charge is 0.383 e. The number of aryl methyl sites for hydroxylation is 1. The summed E-state index contributed by atoms with van der Waals surface area (Å²) < 4.78 is 1.90. The number of rotatable bonds is 1. The summed E-state index contributed by atoms with van der Waals surface area (Å²) in [5.74, 6) is 1.28. The van der Waals surface area contributed by atoms with Crippen molar-refractivity contribution in [3.8, 4) is 11.4 Å². The van der Waals surface area contributed by atoms with E-state index in [1.807, 2.05) is 23.7 Å². The number of anilines is 1. The molecule has 0 amide bonds. The van der Waals surface area contributed by atoms with Gasteiger partial charge in [-0.1, -0.05) is 0 Å².